The number of hydrogen-bond acceptors (Lipinski definition) is 2. The number of rotatable bonds is 2. The summed E-state index contributed by atoms with van der Waals surface area (Å²) in [6.45, 7) is 2.05. The average molecular weight is 312 g/mol. The third kappa shape index (κ3) is 2.12. The van der Waals surface area contributed by atoms with Gasteiger partial charge in [0.15, 0.2) is 12.0 Å². The molecule has 0 aliphatic carbocycles. The number of aldehydes is 1. The van der Waals surface area contributed by atoms with Crippen LogP contribution < -0.4 is 0 Å². The monoisotopic (exact) mass is 312 g/mol. The largest absolute Gasteiger partial charge is 0.453 e. The van der Waals surface area contributed by atoms with Gasteiger partial charge in [0.2, 0.25) is 0 Å². The second-order valence-corrected chi connectivity index (χ2v) is 4.45. The molecule has 3 heteroatoms. The smallest absolute Gasteiger partial charge is 0.185 e. The van der Waals surface area contributed by atoms with Crippen LogP contribution in [0.1, 0.15) is 16.1 Å². The van der Waals surface area contributed by atoms with Crippen molar-refractivity contribution in [3.05, 3.63) is 45.2 Å². The highest BCUT2D eigenvalue weighted by Gasteiger charge is 2.05. The predicted molar refractivity (Wildman–Crippen MR) is 67.0 cm³/mol. The topological polar surface area (TPSA) is 30.2 Å². The van der Waals surface area contributed by atoms with Crippen molar-refractivity contribution >= 4 is 28.9 Å². The van der Waals surface area contributed by atoms with Gasteiger partial charge in [0.25, 0.3) is 0 Å². The van der Waals surface area contributed by atoms with Gasteiger partial charge in [-0.1, -0.05) is 6.07 Å². The molecule has 0 aliphatic rings. The molecule has 1 aromatic carbocycles. The third-order valence-electron chi connectivity index (χ3n) is 2.19. The van der Waals surface area contributed by atoms with Crippen molar-refractivity contribution in [1.29, 1.82) is 0 Å². The minimum absolute atomic E-state index is 0.362. The van der Waals surface area contributed by atoms with Crippen LogP contribution in [0.3, 0.4) is 0 Å². The van der Waals surface area contributed by atoms with Gasteiger partial charge in [-0.15, -0.1) is 0 Å². The Hall–Kier alpha value is -1.10. The predicted octanol–water partition coefficient (Wildman–Crippen LogP) is 3.67. The third-order valence-corrected chi connectivity index (χ3v) is 3.40. The fraction of sp³-hybridized carbons (Fsp3) is 0.0833. The van der Waals surface area contributed by atoms with Crippen molar-refractivity contribution in [2.75, 3.05) is 0 Å². The Morgan fingerprint density at radius 2 is 2.07 bits per heavy atom. The zero-order chi connectivity index (χ0) is 10.8. The Morgan fingerprint density at radius 3 is 2.67 bits per heavy atom. The molecular formula is C12H9IO2. The average Bonchev–Trinajstić information content (AvgIpc) is 2.70. The number of benzene rings is 1. The summed E-state index contributed by atoms with van der Waals surface area (Å²) in [4.78, 5) is 10.5. The maximum absolute atomic E-state index is 10.5. The van der Waals surface area contributed by atoms with Crippen molar-refractivity contribution in [1.82, 2.24) is 0 Å². The molecule has 1 heterocycles. The van der Waals surface area contributed by atoms with Gasteiger partial charge in [-0.05, 0) is 59.3 Å². The van der Waals surface area contributed by atoms with Crippen molar-refractivity contribution < 1.29 is 9.21 Å². The summed E-state index contributed by atoms with van der Waals surface area (Å²) in [6, 6.07) is 9.56. The maximum atomic E-state index is 10.5. The number of hydrogen-bond donors (Lipinski definition) is 0. The quantitative estimate of drug-likeness (QED) is 0.625. The number of furan rings is 1. The Kier molecular flexibility index (Phi) is 2.90. The maximum Gasteiger partial charge on any atom is 0.185 e. The van der Waals surface area contributed by atoms with E-state index in [-0.39, 0.29) is 0 Å². The molecule has 1 aromatic heterocycles. The van der Waals surface area contributed by atoms with Gasteiger partial charge in [-0.25, -0.2) is 0 Å². The van der Waals surface area contributed by atoms with E-state index < -0.39 is 0 Å². The lowest BCUT2D eigenvalue weighted by molar-refractivity contribution is 0.110. The molecule has 0 bridgehead atoms. The van der Waals surface area contributed by atoms with E-state index in [1.54, 1.807) is 6.07 Å². The van der Waals surface area contributed by atoms with E-state index in [0.29, 0.717) is 12.0 Å². The van der Waals surface area contributed by atoms with Gasteiger partial charge < -0.3 is 4.42 Å². The standard InChI is InChI=1S/C12H9IO2/c1-8-6-9(2-4-11(8)13)12-5-3-10(7-14)15-12/h2-7H,1H3. The van der Waals surface area contributed by atoms with Crippen LogP contribution in [0.5, 0.6) is 0 Å². The van der Waals surface area contributed by atoms with Gasteiger partial charge in [0.1, 0.15) is 5.76 Å². The van der Waals surface area contributed by atoms with Crippen LogP contribution in [-0.4, -0.2) is 6.29 Å². The summed E-state index contributed by atoms with van der Waals surface area (Å²) in [5.74, 6) is 1.10. The Bertz CT molecular complexity index is 500. The fourth-order valence-electron chi connectivity index (χ4n) is 1.37. The van der Waals surface area contributed by atoms with Gasteiger partial charge >= 0.3 is 0 Å². The van der Waals surface area contributed by atoms with Crippen LogP contribution in [0.2, 0.25) is 0 Å². The van der Waals surface area contributed by atoms with Crippen molar-refractivity contribution in [2.45, 2.75) is 6.92 Å². The van der Waals surface area contributed by atoms with Gasteiger partial charge in [0.05, 0.1) is 0 Å². The minimum Gasteiger partial charge on any atom is -0.453 e. The van der Waals surface area contributed by atoms with E-state index in [9.17, 15) is 4.79 Å². The summed E-state index contributed by atoms with van der Waals surface area (Å²) in [6.07, 6.45) is 0.711. The van der Waals surface area contributed by atoms with E-state index in [1.165, 1.54) is 9.13 Å². The number of carbonyl (C=O) groups excluding carboxylic acids is 1. The molecule has 0 radical (unpaired) electrons. The van der Waals surface area contributed by atoms with E-state index in [0.717, 1.165) is 11.3 Å². The normalized spacial score (nSPS) is 10.3. The number of aryl methyl sites for hydroxylation is 1. The molecule has 0 fully saturated rings. The van der Waals surface area contributed by atoms with Gasteiger partial charge in [-0.3, -0.25) is 4.79 Å². The van der Waals surface area contributed by atoms with Crippen LogP contribution in [0.4, 0.5) is 0 Å². The molecule has 0 saturated carbocycles. The summed E-state index contributed by atoms with van der Waals surface area (Å²) in [7, 11) is 0. The molecule has 15 heavy (non-hydrogen) atoms. The molecule has 0 N–H and O–H groups in total. The first-order valence-electron chi connectivity index (χ1n) is 4.52. The second kappa shape index (κ2) is 4.18. The zero-order valence-corrected chi connectivity index (χ0v) is 10.3. The molecule has 0 unspecified atom stereocenters. The molecule has 0 saturated heterocycles. The van der Waals surface area contributed by atoms with Gasteiger partial charge in [0, 0.05) is 9.13 Å². The lowest BCUT2D eigenvalue weighted by Gasteiger charge is -2.00. The molecule has 2 nitrogen and oxygen atoms in total. The molecule has 76 valence electrons. The van der Waals surface area contributed by atoms with Crippen LogP contribution in [-0.2, 0) is 0 Å². The van der Waals surface area contributed by atoms with Crippen LogP contribution >= 0.6 is 22.6 Å². The molecule has 0 spiro atoms. The van der Waals surface area contributed by atoms with Gasteiger partial charge in [-0.2, -0.15) is 0 Å². The molecule has 0 amide bonds. The second-order valence-electron chi connectivity index (χ2n) is 3.28. The highest BCUT2D eigenvalue weighted by Crippen LogP contribution is 2.24. The summed E-state index contributed by atoms with van der Waals surface area (Å²) < 4.78 is 6.56. The van der Waals surface area contributed by atoms with E-state index in [4.69, 9.17) is 4.42 Å². The van der Waals surface area contributed by atoms with Crippen LogP contribution in [0.15, 0.2) is 34.7 Å². The summed E-state index contributed by atoms with van der Waals surface area (Å²) >= 11 is 2.29. The van der Waals surface area contributed by atoms with Crippen molar-refractivity contribution in [3.63, 3.8) is 0 Å². The molecule has 0 atom stereocenters. The first-order valence-corrected chi connectivity index (χ1v) is 5.60. The first-order chi connectivity index (χ1) is 7.20. The minimum atomic E-state index is 0.362. The fourth-order valence-corrected chi connectivity index (χ4v) is 1.70. The zero-order valence-electron chi connectivity index (χ0n) is 8.16. The SMILES string of the molecule is Cc1cc(-c2ccc(C=O)o2)ccc1I. The summed E-state index contributed by atoms with van der Waals surface area (Å²) in [5, 5.41) is 0. The Morgan fingerprint density at radius 1 is 1.27 bits per heavy atom. The Balaban J connectivity index is 2.44. The van der Waals surface area contributed by atoms with Crippen LogP contribution in [0.25, 0.3) is 11.3 Å². The number of carbonyl (C=O) groups is 1. The van der Waals surface area contributed by atoms with Crippen LogP contribution in [0, 0.1) is 10.5 Å². The molecule has 2 aromatic rings. The Labute approximate surface area is 101 Å². The molecule has 2 rings (SSSR count). The van der Waals surface area contributed by atoms with Crippen molar-refractivity contribution in [3.8, 4) is 11.3 Å². The number of halogens is 1. The lowest BCUT2D eigenvalue weighted by Crippen LogP contribution is -1.81. The lowest BCUT2D eigenvalue weighted by atomic mass is 10.1. The summed E-state index contributed by atoms with van der Waals surface area (Å²) in [5.41, 5.74) is 2.21. The molecule has 0 aliphatic heterocycles. The molecular weight excluding hydrogens is 303 g/mol. The highest BCUT2D eigenvalue weighted by atomic mass is 127. The van der Waals surface area contributed by atoms with E-state index in [2.05, 4.69) is 35.6 Å². The van der Waals surface area contributed by atoms with Crippen molar-refractivity contribution in [2.24, 2.45) is 0 Å². The van der Waals surface area contributed by atoms with E-state index >= 15 is 0 Å². The highest BCUT2D eigenvalue weighted by molar-refractivity contribution is 14.1. The van der Waals surface area contributed by atoms with E-state index in [1.807, 2.05) is 18.2 Å². The first kappa shape index (κ1) is 10.4.